The molecule has 0 saturated carbocycles. The van der Waals surface area contributed by atoms with Gasteiger partial charge in [-0.05, 0) is 43.5 Å². The number of amides is 1. The summed E-state index contributed by atoms with van der Waals surface area (Å²) in [7, 11) is -3.74. The van der Waals surface area contributed by atoms with Gasteiger partial charge in [-0.2, -0.15) is 4.31 Å². The molecule has 1 atom stereocenters. The third-order valence-electron chi connectivity index (χ3n) is 4.98. The van der Waals surface area contributed by atoms with Crippen molar-refractivity contribution in [2.75, 3.05) is 11.9 Å². The molecule has 2 aromatic carbocycles. The van der Waals surface area contributed by atoms with Crippen LogP contribution in [-0.4, -0.2) is 35.4 Å². The maximum absolute atomic E-state index is 13.3. The van der Waals surface area contributed by atoms with Crippen molar-refractivity contribution in [2.24, 2.45) is 0 Å². The van der Waals surface area contributed by atoms with E-state index in [0.29, 0.717) is 30.0 Å². The molecule has 0 aliphatic carbocycles. The van der Waals surface area contributed by atoms with Crippen LogP contribution in [0, 0.1) is 18.6 Å². The van der Waals surface area contributed by atoms with Crippen molar-refractivity contribution in [3.63, 3.8) is 0 Å². The highest BCUT2D eigenvalue weighted by Crippen LogP contribution is 2.38. The van der Waals surface area contributed by atoms with Crippen molar-refractivity contribution < 1.29 is 22.0 Å². The molecule has 31 heavy (non-hydrogen) atoms. The number of benzene rings is 2. The number of aryl methyl sites for hydroxylation is 1. The Morgan fingerprint density at radius 1 is 1.16 bits per heavy atom. The van der Waals surface area contributed by atoms with Crippen LogP contribution in [0.5, 0.6) is 0 Å². The van der Waals surface area contributed by atoms with Gasteiger partial charge in [-0.3, -0.25) is 4.79 Å². The number of anilines is 1. The molecule has 2 heterocycles. The van der Waals surface area contributed by atoms with E-state index in [-0.39, 0.29) is 15.6 Å². The van der Waals surface area contributed by atoms with Crippen molar-refractivity contribution >= 4 is 33.0 Å². The van der Waals surface area contributed by atoms with Gasteiger partial charge in [0.2, 0.25) is 15.0 Å². The number of carbonyl (C=O) groups excluding carboxylic acids is 1. The summed E-state index contributed by atoms with van der Waals surface area (Å²) in [6.07, 6.45) is 1.22. The van der Waals surface area contributed by atoms with Crippen LogP contribution in [0.3, 0.4) is 0 Å². The fraction of sp³-hybridized carbons (Fsp3) is 0.250. The van der Waals surface area contributed by atoms with E-state index < -0.39 is 33.6 Å². The first kappa shape index (κ1) is 21.5. The third kappa shape index (κ3) is 4.21. The number of rotatable bonds is 5. The van der Waals surface area contributed by atoms with Gasteiger partial charge >= 0.3 is 0 Å². The van der Waals surface area contributed by atoms with Crippen LogP contribution in [0.1, 0.15) is 39.3 Å². The number of nitrogens with one attached hydrogen (secondary N) is 1. The maximum atomic E-state index is 13.3. The van der Waals surface area contributed by atoms with Gasteiger partial charge in [0.05, 0.1) is 10.9 Å². The van der Waals surface area contributed by atoms with E-state index in [1.165, 1.54) is 10.4 Å². The molecular weight excluding hydrogens is 446 g/mol. The molecule has 1 aliphatic rings. The summed E-state index contributed by atoms with van der Waals surface area (Å²) in [5.41, 5.74) is 0.724. The maximum Gasteiger partial charge on any atom is 0.286 e. The molecule has 1 aromatic heterocycles. The molecule has 162 valence electrons. The number of halogens is 2. The Bertz CT molecular complexity index is 1250. The van der Waals surface area contributed by atoms with Gasteiger partial charge in [0.1, 0.15) is 5.01 Å². The van der Waals surface area contributed by atoms with Crippen LogP contribution in [0.15, 0.2) is 47.4 Å². The number of hydrogen-bond acceptors (Lipinski definition) is 6. The van der Waals surface area contributed by atoms with Crippen molar-refractivity contribution in [2.45, 2.75) is 30.7 Å². The summed E-state index contributed by atoms with van der Waals surface area (Å²) in [5.74, 6) is -2.74. The first-order valence-electron chi connectivity index (χ1n) is 9.44. The Balaban J connectivity index is 1.56. The van der Waals surface area contributed by atoms with Crippen LogP contribution in [-0.2, 0) is 10.0 Å². The van der Waals surface area contributed by atoms with Gasteiger partial charge in [0, 0.05) is 18.3 Å². The minimum Gasteiger partial charge on any atom is -0.320 e. The van der Waals surface area contributed by atoms with E-state index >= 15 is 0 Å². The van der Waals surface area contributed by atoms with E-state index in [1.807, 2.05) is 0 Å². The molecule has 0 radical (unpaired) electrons. The molecule has 1 aliphatic heterocycles. The lowest BCUT2D eigenvalue weighted by molar-refractivity contribution is 0.102. The van der Waals surface area contributed by atoms with Gasteiger partial charge in [0.25, 0.3) is 5.91 Å². The van der Waals surface area contributed by atoms with Crippen LogP contribution in [0.4, 0.5) is 14.5 Å². The summed E-state index contributed by atoms with van der Waals surface area (Å²) >= 11 is 0.976. The minimum atomic E-state index is -3.74. The molecule has 0 bridgehead atoms. The number of aromatic nitrogens is 2. The van der Waals surface area contributed by atoms with E-state index in [1.54, 1.807) is 31.2 Å². The lowest BCUT2D eigenvalue weighted by atomic mass is 10.2. The summed E-state index contributed by atoms with van der Waals surface area (Å²) in [6, 6.07) is 9.24. The SMILES string of the molecule is Cc1ccccc1S(=O)(=O)N1CCCC1c1nnc(C(=O)Nc2ccc(F)c(F)c2)s1. The number of sulfonamides is 1. The number of hydrogen-bond donors (Lipinski definition) is 1. The largest absolute Gasteiger partial charge is 0.320 e. The summed E-state index contributed by atoms with van der Waals surface area (Å²) in [5, 5.41) is 10.8. The molecule has 1 amide bonds. The van der Waals surface area contributed by atoms with E-state index in [0.717, 1.165) is 23.5 Å². The van der Waals surface area contributed by atoms with Gasteiger partial charge in [-0.25, -0.2) is 17.2 Å². The molecule has 11 heteroatoms. The normalized spacial score (nSPS) is 17.1. The quantitative estimate of drug-likeness (QED) is 0.618. The molecule has 1 N–H and O–H groups in total. The predicted molar refractivity (Wildman–Crippen MR) is 111 cm³/mol. The fourth-order valence-corrected chi connectivity index (χ4v) is 6.31. The minimum absolute atomic E-state index is 0.000118. The Kier molecular flexibility index (Phi) is 5.82. The van der Waals surface area contributed by atoms with Gasteiger partial charge in [0.15, 0.2) is 11.6 Å². The van der Waals surface area contributed by atoms with E-state index in [2.05, 4.69) is 15.5 Å². The highest BCUT2D eigenvalue weighted by molar-refractivity contribution is 7.89. The lowest BCUT2D eigenvalue weighted by Gasteiger charge is -2.23. The molecular formula is C20H18F2N4O3S2. The Morgan fingerprint density at radius 3 is 2.68 bits per heavy atom. The first-order valence-corrected chi connectivity index (χ1v) is 11.7. The Labute approximate surface area is 181 Å². The number of nitrogens with zero attached hydrogens (tertiary/aromatic N) is 3. The Hall–Kier alpha value is -2.76. The molecule has 1 saturated heterocycles. The van der Waals surface area contributed by atoms with Crippen molar-refractivity contribution in [3.8, 4) is 0 Å². The second-order valence-electron chi connectivity index (χ2n) is 7.07. The summed E-state index contributed by atoms with van der Waals surface area (Å²) < 4.78 is 54.2. The lowest BCUT2D eigenvalue weighted by Crippen LogP contribution is -2.31. The second kappa shape index (κ2) is 8.40. The smallest absolute Gasteiger partial charge is 0.286 e. The van der Waals surface area contributed by atoms with E-state index in [9.17, 15) is 22.0 Å². The average Bonchev–Trinajstić information content (AvgIpc) is 3.40. The van der Waals surface area contributed by atoms with E-state index in [4.69, 9.17) is 0 Å². The highest BCUT2D eigenvalue weighted by atomic mass is 32.2. The van der Waals surface area contributed by atoms with Crippen LogP contribution < -0.4 is 5.32 Å². The summed E-state index contributed by atoms with van der Waals surface area (Å²) in [6.45, 7) is 2.08. The predicted octanol–water partition coefficient (Wildman–Crippen LogP) is 3.90. The van der Waals surface area contributed by atoms with Crippen molar-refractivity contribution in [3.05, 3.63) is 69.7 Å². The molecule has 0 spiro atoms. The summed E-state index contributed by atoms with van der Waals surface area (Å²) in [4.78, 5) is 12.7. The first-order chi connectivity index (χ1) is 14.8. The van der Waals surface area contributed by atoms with Gasteiger partial charge in [-0.1, -0.05) is 29.5 Å². The zero-order chi connectivity index (χ0) is 22.2. The number of carbonyl (C=O) groups is 1. The molecule has 1 unspecified atom stereocenters. The van der Waals surface area contributed by atoms with Gasteiger partial charge in [-0.15, -0.1) is 10.2 Å². The third-order valence-corrected chi connectivity index (χ3v) is 8.07. The van der Waals surface area contributed by atoms with Crippen molar-refractivity contribution in [1.82, 2.24) is 14.5 Å². The molecule has 1 fully saturated rings. The molecule has 3 aromatic rings. The zero-order valence-electron chi connectivity index (χ0n) is 16.4. The fourth-order valence-electron chi connectivity index (χ4n) is 3.47. The molecule has 7 nitrogen and oxygen atoms in total. The van der Waals surface area contributed by atoms with Crippen LogP contribution in [0.2, 0.25) is 0 Å². The topological polar surface area (TPSA) is 92.3 Å². The van der Waals surface area contributed by atoms with Gasteiger partial charge < -0.3 is 5.32 Å². The van der Waals surface area contributed by atoms with Crippen LogP contribution in [0.25, 0.3) is 0 Å². The standard InChI is InChI=1S/C20H18F2N4O3S2/c1-12-5-2-3-7-17(12)31(28,29)26-10-4-6-16(26)19-24-25-20(30-19)18(27)23-13-8-9-14(21)15(22)11-13/h2-3,5,7-9,11,16H,4,6,10H2,1H3,(H,23,27). The second-order valence-corrected chi connectivity index (χ2v) is 9.94. The monoisotopic (exact) mass is 464 g/mol. The molecule has 4 rings (SSSR count). The zero-order valence-corrected chi connectivity index (χ0v) is 18.0. The Morgan fingerprint density at radius 2 is 1.94 bits per heavy atom. The highest BCUT2D eigenvalue weighted by Gasteiger charge is 2.39. The average molecular weight is 465 g/mol. The van der Waals surface area contributed by atoms with Crippen LogP contribution >= 0.6 is 11.3 Å². The van der Waals surface area contributed by atoms with Crippen molar-refractivity contribution in [1.29, 1.82) is 0 Å².